The summed E-state index contributed by atoms with van der Waals surface area (Å²) in [5.74, 6) is 0.140. The number of piperidine rings is 1. The molecule has 1 aliphatic heterocycles. The van der Waals surface area contributed by atoms with Crippen LogP contribution in [0.4, 0.5) is 0 Å². The number of hydrogen-bond acceptors (Lipinski definition) is 5. The molecule has 6 heteroatoms. The molecule has 5 nitrogen and oxygen atoms in total. The van der Waals surface area contributed by atoms with Gasteiger partial charge in [0.2, 0.25) is 5.91 Å². The summed E-state index contributed by atoms with van der Waals surface area (Å²) in [4.78, 5) is 16.9. The number of rotatable bonds is 4. The van der Waals surface area contributed by atoms with Gasteiger partial charge in [-0.2, -0.15) is 5.26 Å². The summed E-state index contributed by atoms with van der Waals surface area (Å²) in [7, 11) is 0. The van der Waals surface area contributed by atoms with Crippen molar-refractivity contribution in [2.45, 2.75) is 32.4 Å². The predicted octanol–water partition coefficient (Wildman–Crippen LogP) is 2.69. The molecule has 0 saturated carbocycles. The Balaban J connectivity index is 1.59. The SMILES string of the molecule is C[C@H]1NCCC[C@@H]1C(=O)NCc1nc(-c2ccc(C#N)cc2)cs1. The maximum Gasteiger partial charge on any atom is 0.225 e. The summed E-state index contributed by atoms with van der Waals surface area (Å²) >= 11 is 1.54. The van der Waals surface area contributed by atoms with Gasteiger partial charge in [0.1, 0.15) is 5.01 Å². The van der Waals surface area contributed by atoms with Crippen molar-refractivity contribution in [1.29, 1.82) is 5.26 Å². The van der Waals surface area contributed by atoms with E-state index in [-0.39, 0.29) is 17.9 Å². The lowest BCUT2D eigenvalue weighted by molar-refractivity contribution is -0.126. The average Bonchev–Trinajstić information content (AvgIpc) is 3.09. The van der Waals surface area contributed by atoms with Crippen molar-refractivity contribution in [2.24, 2.45) is 5.92 Å². The van der Waals surface area contributed by atoms with E-state index in [1.165, 1.54) is 11.3 Å². The fourth-order valence-electron chi connectivity index (χ4n) is 2.94. The van der Waals surface area contributed by atoms with Crippen molar-refractivity contribution >= 4 is 17.2 Å². The van der Waals surface area contributed by atoms with Gasteiger partial charge in [0.25, 0.3) is 0 Å². The monoisotopic (exact) mass is 340 g/mol. The second kappa shape index (κ2) is 7.56. The number of nitrogens with zero attached hydrogens (tertiary/aromatic N) is 2. The summed E-state index contributed by atoms with van der Waals surface area (Å²) in [5.41, 5.74) is 2.49. The molecule has 0 spiro atoms. The van der Waals surface area contributed by atoms with Gasteiger partial charge in [-0.3, -0.25) is 4.79 Å². The van der Waals surface area contributed by atoms with Crippen LogP contribution in [0, 0.1) is 17.2 Å². The molecule has 1 aliphatic rings. The first-order valence-electron chi connectivity index (χ1n) is 8.13. The zero-order valence-corrected chi connectivity index (χ0v) is 14.4. The summed E-state index contributed by atoms with van der Waals surface area (Å²) in [6.07, 6.45) is 1.98. The summed E-state index contributed by atoms with van der Waals surface area (Å²) in [6.45, 7) is 3.52. The van der Waals surface area contributed by atoms with E-state index >= 15 is 0 Å². The lowest BCUT2D eigenvalue weighted by Crippen LogP contribution is -2.46. The Bertz CT molecular complexity index is 747. The Hall–Kier alpha value is -2.23. The molecule has 0 radical (unpaired) electrons. The molecule has 124 valence electrons. The van der Waals surface area contributed by atoms with Crippen molar-refractivity contribution in [2.75, 3.05) is 6.54 Å². The van der Waals surface area contributed by atoms with E-state index in [0.717, 1.165) is 35.7 Å². The molecule has 0 bridgehead atoms. The Morgan fingerprint density at radius 2 is 2.25 bits per heavy atom. The molecule has 1 amide bonds. The van der Waals surface area contributed by atoms with Gasteiger partial charge in [-0.25, -0.2) is 4.98 Å². The molecule has 0 aliphatic carbocycles. The number of hydrogen-bond donors (Lipinski definition) is 2. The van der Waals surface area contributed by atoms with E-state index in [9.17, 15) is 4.79 Å². The Labute approximate surface area is 145 Å². The van der Waals surface area contributed by atoms with Crippen LogP contribution in [0.3, 0.4) is 0 Å². The third kappa shape index (κ3) is 3.81. The van der Waals surface area contributed by atoms with Gasteiger partial charge in [-0.05, 0) is 38.4 Å². The van der Waals surface area contributed by atoms with Crippen LogP contribution in [0.2, 0.25) is 0 Å². The fraction of sp³-hybridized carbons (Fsp3) is 0.389. The number of thiazole rings is 1. The van der Waals surface area contributed by atoms with Crippen molar-refractivity contribution < 1.29 is 4.79 Å². The van der Waals surface area contributed by atoms with Crippen molar-refractivity contribution in [3.63, 3.8) is 0 Å². The van der Waals surface area contributed by atoms with E-state index in [1.54, 1.807) is 12.1 Å². The average molecular weight is 340 g/mol. The normalized spacial score (nSPS) is 20.3. The van der Waals surface area contributed by atoms with Gasteiger partial charge >= 0.3 is 0 Å². The molecular formula is C18H20N4OS. The first kappa shape index (κ1) is 16.6. The number of aromatic nitrogens is 1. The van der Waals surface area contributed by atoms with Crippen LogP contribution >= 0.6 is 11.3 Å². The molecule has 1 saturated heterocycles. The minimum Gasteiger partial charge on any atom is -0.349 e. The van der Waals surface area contributed by atoms with E-state index in [0.29, 0.717) is 12.1 Å². The molecule has 2 aromatic rings. The largest absolute Gasteiger partial charge is 0.349 e. The van der Waals surface area contributed by atoms with Crippen LogP contribution in [0.1, 0.15) is 30.3 Å². The van der Waals surface area contributed by atoms with Gasteiger partial charge in [-0.15, -0.1) is 11.3 Å². The van der Waals surface area contributed by atoms with E-state index in [4.69, 9.17) is 5.26 Å². The molecule has 2 atom stereocenters. The minimum absolute atomic E-state index is 0.0386. The highest BCUT2D eigenvalue weighted by Gasteiger charge is 2.27. The van der Waals surface area contributed by atoms with E-state index in [1.807, 2.05) is 17.5 Å². The quantitative estimate of drug-likeness (QED) is 0.897. The third-order valence-corrected chi connectivity index (χ3v) is 5.22. The van der Waals surface area contributed by atoms with Crippen LogP contribution in [0.25, 0.3) is 11.3 Å². The number of carbonyl (C=O) groups is 1. The lowest BCUT2D eigenvalue weighted by Gasteiger charge is -2.28. The minimum atomic E-state index is 0.0386. The highest BCUT2D eigenvalue weighted by molar-refractivity contribution is 7.09. The van der Waals surface area contributed by atoms with Crippen LogP contribution < -0.4 is 10.6 Å². The maximum atomic E-state index is 12.3. The van der Waals surface area contributed by atoms with Gasteiger partial charge < -0.3 is 10.6 Å². The molecule has 1 fully saturated rings. The predicted molar refractivity (Wildman–Crippen MR) is 94.3 cm³/mol. The molecular weight excluding hydrogens is 320 g/mol. The molecule has 0 unspecified atom stereocenters. The van der Waals surface area contributed by atoms with Gasteiger partial charge in [0, 0.05) is 17.0 Å². The zero-order chi connectivity index (χ0) is 16.9. The smallest absolute Gasteiger partial charge is 0.225 e. The standard InChI is InChI=1S/C18H20N4OS/c1-12-15(3-2-8-20-12)18(23)21-10-17-22-16(11-24-17)14-6-4-13(9-19)5-7-14/h4-7,11-12,15,20H,2-3,8,10H2,1H3,(H,21,23)/t12-,15+/m1/s1. The molecule has 1 aromatic carbocycles. The van der Waals surface area contributed by atoms with Crippen molar-refractivity contribution in [3.8, 4) is 17.3 Å². The van der Waals surface area contributed by atoms with Crippen LogP contribution in [-0.4, -0.2) is 23.5 Å². The van der Waals surface area contributed by atoms with Crippen molar-refractivity contribution in [1.82, 2.24) is 15.6 Å². The second-order valence-electron chi connectivity index (χ2n) is 6.02. The first-order chi connectivity index (χ1) is 11.7. The molecule has 2 heterocycles. The summed E-state index contributed by atoms with van der Waals surface area (Å²) < 4.78 is 0. The summed E-state index contributed by atoms with van der Waals surface area (Å²) in [6, 6.07) is 9.69. The summed E-state index contributed by atoms with van der Waals surface area (Å²) in [5, 5.41) is 18.1. The number of nitrogens with one attached hydrogen (secondary N) is 2. The number of nitriles is 1. The highest BCUT2D eigenvalue weighted by Crippen LogP contribution is 2.22. The van der Waals surface area contributed by atoms with Crippen LogP contribution in [-0.2, 0) is 11.3 Å². The van der Waals surface area contributed by atoms with E-state index in [2.05, 4.69) is 28.6 Å². The Kier molecular flexibility index (Phi) is 5.24. The van der Waals surface area contributed by atoms with Crippen LogP contribution in [0.5, 0.6) is 0 Å². The molecule has 24 heavy (non-hydrogen) atoms. The van der Waals surface area contributed by atoms with Crippen molar-refractivity contribution in [3.05, 3.63) is 40.2 Å². The van der Waals surface area contributed by atoms with Gasteiger partial charge in [0.15, 0.2) is 0 Å². The van der Waals surface area contributed by atoms with Gasteiger partial charge in [-0.1, -0.05) is 12.1 Å². The Morgan fingerprint density at radius 3 is 2.96 bits per heavy atom. The number of benzene rings is 1. The number of carbonyl (C=O) groups excluding carboxylic acids is 1. The topological polar surface area (TPSA) is 77.8 Å². The fourth-order valence-corrected chi connectivity index (χ4v) is 3.68. The Morgan fingerprint density at radius 1 is 1.46 bits per heavy atom. The second-order valence-corrected chi connectivity index (χ2v) is 6.97. The van der Waals surface area contributed by atoms with Crippen LogP contribution in [0.15, 0.2) is 29.6 Å². The van der Waals surface area contributed by atoms with E-state index < -0.39 is 0 Å². The molecule has 3 rings (SSSR count). The first-order valence-corrected chi connectivity index (χ1v) is 9.01. The lowest BCUT2D eigenvalue weighted by atomic mass is 9.91. The third-order valence-electron chi connectivity index (χ3n) is 4.37. The zero-order valence-electron chi connectivity index (χ0n) is 13.6. The number of amides is 1. The van der Waals surface area contributed by atoms with Gasteiger partial charge in [0.05, 0.1) is 29.8 Å². The molecule has 1 aromatic heterocycles. The molecule has 2 N–H and O–H groups in total. The maximum absolute atomic E-state index is 12.3. The highest BCUT2D eigenvalue weighted by atomic mass is 32.1.